The number of benzene rings is 1. The molecule has 0 aliphatic rings. The molecule has 6 nitrogen and oxygen atoms in total. The van der Waals surface area contributed by atoms with Gasteiger partial charge in [0.2, 0.25) is 10.0 Å². The normalized spacial score (nSPS) is 12.3. The molecule has 1 aromatic carbocycles. The molecular weight excluding hydrogens is 316 g/mol. The second-order valence-corrected chi connectivity index (χ2v) is 7.23. The van der Waals surface area contributed by atoms with Gasteiger partial charge in [-0.15, -0.1) is 0 Å². The van der Waals surface area contributed by atoms with Gasteiger partial charge in [-0.2, -0.15) is 0 Å². The van der Waals surface area contributed by atoms with Crippen LogP contribution in [0, 0.1) is 6.92 Å². The number of primary sulfonamides is 1. The molecule has 118 valence electrons. The Morgan fingerprint density at radius 1 is 1.43 bits per heavy atom. The first-order valence-electron chi connectivity index (χ1n) is 6.14. The van der Waals surface area contributed by atoms with E-state index in [9.17, 15) is 13.2 Å². The minimum absolute atomic E-state index is 0.126. The SMILES string of the molecule is COC(C)(C)CNC(=O)c1cc(Cl)cc(S(N)(=O)=O)c1C. The lowest BCUT2D eigenvalue weighted by molar-refractivity contribution is 0.0228. The van der Waals surface area contributed by atoms with E-state index in [1.807, 2.05) is 13.8 Å². The summed E-state index contributed by atoms with van der Waals surface area (Å²) in [6, 6.07) is 2.63. The van der Waals surface area contributed by atoms with Gasteiger partial charge >= 0.3 is 0 Å². The average molecular weight is 335 g/mol. The fourth-order valence-electron chi connectivity index (χ4n) is 1.65. The van der Waals surface area contributed by atoms with Gasteiger partial charge < -0.3 is 10.1 Å². The zero-order valence-corrected chi connectivity index (χ0v) is 13.9. The molecule has 0 fully saturated rings. The van der Waals surface area contributed by atoms with Gasteiger partial charge in [-0.05, 0) is 38.5 Å². The van der Waals surface area contributed by atoms with Crippen molar-refractivity contribution in [3.8, 4) is 0 Å². The number of halogens is 1. The quantitative estimate of drug-likeness (QED) is 0.851. The Morgan fingerprint density at radius 2 is 2.00 bits per heavy atom. The van der Waals surface area contributed by atoms with E-state index in [1.54, 1.807) is 0 Å². The maximum atomic E-state index is 12.2. The first-order chi connectivity index (χ1) is 9.48. The average Bonchev–Trinajstić information content (AvgIpc) is 2.37. The molecule has 0 aliphatic heterocycles. The predicted molar refractivity (Wildman–Crippen MR) is 81.0 cm³/mol. The molecule has 0 unspecified atom stereocenters. The van der Waals surface area contributed by atoms with Crippen LogP contribution < -0.4 is 10.5 Å². The Kier molecular flexibility index (Phi) is 5.38. The standard InChI is InChI=1S/C13H19ClN2O4S/c1-8-10(12(17)16-7-13(2,3)20-4)5-9(14)6-11(8)21(15,18)19/h5-6H,7H2,1-4H3,(H,16,17)(H2,15,18,19). The van der Waals surface area contributed by atoms with E-state index in [4.69, 9.17) is 21.5 Å². The van der Waals surface area contributed by atoms with Crippen LogP contribution >= 0.6 is 11.6 Å². The van der Waals surface area contributed by atoms with Gasteiger partial charge in [0.05, 0.1) is 10.5 Å². The van der Waals surface area contributed by atoms with Gasteiger partial charge in [0.1, 0.15) is 0 Å². The summed E-state index contributed by atoms with van der Waals surface area (Å²) in [5, 5.41) is 7.93. The topological polar surface area (TPSA) is 98.5 Å². The Bertz CT molecular complexity index is 656. The van der Waals surface area contributed by atoms with Crippen LogP contribution in [0.2, 0.25) is 5.02 Å². The molecule has 0 spiro atoms. The largest absolute Gasteiger partial charge is 0.377 e. The molecule has 0 aromatic heterocycles. The molecule has 1 amide bonds. The monoisotopic (exact) mass is 334 g/mol. The van der Waals surface area contributed by atoms with Crippen molar-refractivity contribution < 1.29 is 17.9 Å². The number of ether oxygens (including phenoxy) is 1. The van der Waals surface area contributed by atoms with Crippen molar-refractivity contribution >= 4 is 27.5 Å². The summed E-state index contributed by atoms with van der Waals surface area (Å²) in [5.74, 6) is -0.440. The Labute approximate surface area is 129 Å². The van der Waals surface area contributed by atoms with Crippen LogP contribution in [0.1, 0.15) is 29.8 Å². The molecule has 21 heavy (non-hydrogen) atoms. The molecule has 0 aliphatic carbocycles. The number of amides is 1. The minimum Gasteiger partial charge on any atom is -0.377 e. The lowest BCUT2D eigenvalue weighted by Crippen LogP contribution is -2.40. The van der Waals surface area contributed by atoms with Crippen molar-refractivity contribution in [2.75, 3.05) is 13.7 Å². The van der Waals surface area contributed by atoms with Crippen molar-refractivity contribution in [3.05, 3.63) is 28.3 Å². The molecule has 0 bridgehead atoms. The van der Waals surface area contributed by atoms with Crippen molar-refractivity contribution in [3.63, 3.8) is 0 Å². The third kappa shape index (κ3) is 4.67. The maximum Gasteiger partial charge on any atom is 0.251 e. The number of nitrogens with two attached hydrogens (primary N) is 1. The zero-order chi connectivity index (χ0) is 16.4. The summed E-state index contributed by atoms with van der Waals surface area (Å²) in [5.41, 5.74) is -0.113. The molecule has 0 radical (unpaired) electrons. The summed E-state index contributed by atoms with van der Waals surface area (Å²) in [6.07, 6.45) is 0. The van der Waals surface area contributed by atoms with Gasteiger partial charge in [-0.1, -0.05) is 11.6 Å². The van der Waals surface area contributed by atoms with Gasteiger partial charge in [0.25, 0.3) is 5.91 Å². The first-order valence-corrected chi connectivity index (χ1v) is 8.06. The van der Waals surface area contributed by atoms with Gasteiger partial charge in [-0.25, -0.2) is 13.6 Å². The maximum absolute atomic E-state index is 12.2. The van der Waals surface area contributed by atoms with Crippen LogP contribution in [0.5, 0.6) is 0 Å². The van der Waals surface area contributed by atoms with E-state index >= 15 is 0 Å². The molecular formula is C13H19ClN2O4S. The lowest BCUT2D eigenvalue weighted by Gasteiger charge is -2.23. The molecule has 1 rings (SSSR count). The highest BCUT2D eigenvalue weighted by Crippen LogP contribution is 2.23. The summed E-state index contributed by atoms with van der Waals surface area (Å²) < 4.78 is 28.2. The smallest absolute Gasteiger partial charge is 0.251 e. The first kappa shape index (κ1) is 17.9. The number of hydrogen-bond acceptors (Lipinski definition) is 4. The van der Waals surface area contributed by atoms with Crippen molar-refractivity contribution in [1.82, 2.24) is 5.32 Å². The number of sulfonamides is 1. The van der Waals surface area contributed by atoms with Crippen LogP contribution in [0.3, 0.4) is 0 Å². The highest BCUT2D eigenvalue weighted by atomic mass is 35.5. The number of methoxy groups -OCH3 is 1. The van der Waals surface area contributed by atoms with Gasteiger partial charge in [0.15, 0.2) is 0 Å². The van der Waals surface area contributed by atoms with Crippen LogP contribution in [-0.4, -0.2) is 33.6 Å². The second kappa shape index (κ2) is 6.31. The van der Waals surface area contributed by atoms with E-state index in [0.29, 0.717) is 0 Å². The van der Waals surface area contributed by atoms with E-state index in [1.165, 1.54) is 26.2 Å². The van der Waals surface area contributed by atoms with Gasteiger partial charge in [0, 0.05) is 24.2 Å². The predicted octanol–water partition coefficient (Wildman–Crippen LogP) is 1.45. The molecule has 3 N–H and O–H groups in total. The second-order valence-electron chi connectivity index (χ2n) is 5.27. The van der Waals surface area contributed by atoms with E-state index in [0.717, 1.165) is 0 Å². The summed E-state index contributed by atoms with van der Waals surface area (Å²) in [7, 11) is -2.41. The van der Waals surface area contributed by atoms with Crippen LogP contribution in [0.25, 0.3) is 0 Å². The number of hydrogen-bond donors (Lipinski definition) is 2. The fourth-order valence-corrected chi connectivity index (χ4v) is 2.76. The molecule has 0 heterocycles. The summed E-state index contributed by atoms with van der Waals surface area (Å²) >= 11 is 5.86. The van der Waals surface area contributed by atoms with Crippen LogP contribution in [-0.2, 0) is 14.8 Å². The van der Waals surface area contributed by atoms with Crippen molar-refractivity contribution in [2.24, 2.45) is 5.14 Å². The third-order valence-corrected chi connectivity index (χ3v) is 4.36. The summed E-state index contributed by atoms with van der Waals surface area (Å²) in [4.78, 5) is 12.0. The van der Waals surface area contributed by atoms with Gasteiger partial charge in [-0.3, -0.25) is 4.79 Å². The molecule has 0 atom stereocenters. The molecule has 0 saturated carbocycles. The highest BCUT2D eigenvalue weighted by molar-refractivity contribution is 7.89. The van der Waals surface area contributed by atoms with Crippen molar-refractivity contribution in [1.29, 1.82) is 0 Å². The van der Waals surface area contributed by atoms with E-state index in [2.05, 4.69) is 5.32 Å². The zero-order valence-electron chi connectivity index (χ0n) is 12.4. The molecule has 0 saturated heterocycles. The number of rotatable bonds is 5. The van der Waals surface area contributed by atoms with E-state index < -0.39 is 21.5 Å². The molecule has 8 heteroatoms. The van der Waals surface area contributed by atoms with E-state index in [-0.39, 0.29) is 27.6 Å². The number of nitrogens with one attached hydrogen (secondary N) is 1. The van der Waals surface area contributed by atoms with Crippen LogP contribution in [0.15, 0.2) is 17.0 Å². The Balaban J connectivity index is 3.14. The fraction of sp³-hybridized carbons (Fsp3) is 0.462. The molecule has 1 aromatic rings. The lowest BCUT2D eigenvalue weighted by atomic mass is 10.1. The van der Waals surface area contributed by atoms with Crippen LogP contribution in [0.4, 0.5) is 0 Å². The Morgan fingerprint density at radius 3 is 2.48 bits per heavy atom. The highest BCUT2D eigenvalue weighted by Gasteiger charge is 2.22. The Hall–Kier alpha value is -1.15. The minimum atomic E-state index is -3.95. The number of carbonyl (C=O) groups excluding carboxylic acids is 1. The summed E-state index contributed by atoms with van der Waals surface area (Å²) in [6.45, 7) is 5.40. The van der Waals surface area contributed by atoms with Crippen molar-refractivity contribution in [2.45, 2.75) is 31.3 Å². The third-order valence-electron chi connectivity index (χ3n) is 3.10. The number of carbonyl (C=O) groups is 1.